The number of rotatable bonds is 1. The van der Waals surface area contributed by atoms with Crippen molar-refractivity contribution < 1.29 is 14.4 Å². The summed E-state index contributed by atoms with van der Waals surface area (Å²) in [5, 5.41) is 3.10. The van der Waals surface area contributed by atoms with Gasteiger partial charge in [-0.2, -0.15) is 0 Å². The molecular weight excluding hydrogens is 282 g/mol. The van der Waals surface area contributed by atoms with Crippen molar-refractivity contribution in [3.8, 4) is 0 Å². The van der Waals surface area contributed by atoms with Gasteiger partial charge in [0, 0.05) is 18.0 Å². The fourth-order valence-electron chi connectivity index (χ4n) is 3.24. The zero-order valence-electron chi connectivity index (χ0n) is 11.9. The van der Waals surface area contributed by atoms with Crippen LogP contribution in [0.4, 0.5) is 5.69 Å². The minimum Gasteiger partial charge on any atom is -0.295 e. The summed E-state index contributed by atoms with van der Waals surface area (Å²) in [4.78, 5) is 42.1. The first-order chi connectivity index (χ1) is 10.6. The molecule has 0 saturated carbocycles. The highest BCUT2D eigenvalue weighted by molar-refractivity contribution is 6.26. The molecule has 22 heavy (non-hydrogen) atoms. The lowest BCUT2D eigenvalue weighted by Crippen LogP contribution is -2.53. The van der Waals surface area contributed by atoms with E-state index in [9.17, 15) is 14.4 Å². The maximum atomic E-state index is 12.7. The molecule has 0 aliphatic carbocycles. The summed E-state index contributed by atoms with van der Waals surface area (Å²) in [6, 6.07) is 4.77. The van der Waals surface area contributed by atoms with Gasteiger partial charge in [-0.3, -0.25) is 29.6 Å². The number of hydrogen-bond acceptors (Lipinski definition) is 4. The first-order valence-electron chi connectivity index (χ1n) is 7.13. The SMILES string of the molecule is Cc1ccc2c3c(ccnc13)C(=O)N2C1CCC(=O)NC1=O. The molecule has 2 aromatic rings. The average molecular weight is 295 g/mol. The Hall–Kier alpha value is -2.76. The molecule has 0 spiro atoms. The summed E-state index contributed by atoms with van der Waals surface area (Å²) >= 11 is 0. The van der Waals surface area contributed by atoms with E-state index in [1.807, 2.05) is 19.1 Å². The quantitative estimate of drug-likeness (QED) is 0.804. The van der Waals surface area contributed by atoms with Crippen molar-refractivity contribution in [2.75, 3.05) is 4.90 Å². The molecule has 1 N–H and O–H groups in total. The van der Waals surface area contributed by atoms with Gasteiger partial charge in [-0.15, -0.1) is 0 Å². The highest BCUT2D eigenvalue weighted by Crippen LogP contribution is 2.39. The Labute approximate surface area is 126 Å². The minimum atomic E-state index is -0.650. The number of carbonyl (C=O) groups is 3. The molecule has 0 bridgehead atoms. The van der Waals surface area contributed by atoms with E-state index >= 15 is 0 Å². The third-order valence-electron chi connectivity index (χ3n) is 4.30. The van der Waals surface area contributed by atoms with Gasteiger partial charge >= 0.3 is 0 Å². The first-order valence-corrected chi connectivity index (χ1v) is 7.13. The van der Waals surface area contributed by atoms with Crippen molar-refractivity contribution in [1.29, 1.82) is 0 Å². The molecule has 2 aliphatic heterocycles. The number of hydrogen-bond donors (Lipinski definition) is 1. The molecule has 3 amide bonds. The van der Waals surface area contributed by atoms with Crippen molar-refractivity contribution in [2.45, 2.75) is 25.8 Å². The maximum Gasteiger partial charge on any atom is 0.259 e. The van der Waals surface area contributed by atoms with Crippen LogP contribution < -0.4 is 10.2 Å². The van der Waals surface area contributed by atoms with E-state index in [4.69, 9.17) is 0 Å². The predicted molar refractivity (Wildman–Crippen MR) is 79.5 cm³/mol. The third kappa shape index (κ3) is 1.60. The van der Waals surface area contributed by atoms with Crippen LogP contribution in [0, 0.1) is 6.92 Å². The number of carbonyl (C=O) groups excluding carboxylic acids is 3. The van der Waals surface area contributed by atoms with Crippen LogP contribution in [0.5, 0.6) is 0 Å². The number of pyridine rings is 1. The van der Waals surface area contributed by atoms with Gasteiger partial charge in [-0.05, 0) is 31.0 Å². The van der Waals surface area contributed by atoms with Crippen molar-refractivity contribution in [3.05, 3.63) is 35.5 Å². The van der Waals surface area contributed by atoms with Crippen LogP contribution in [0.15, 0.2) is 24.4 Å². The summed E-state index contributed by atoms with van der Waals surface area (Å²) in [6.45, 7) is 1.94. The maximum absolute atomic E-state index is 12.7. The highest BCUT2D eigenvalue weighted by Gasteiger charge is 2.40. The molecule has 1 fully saturated rings. The zero-order chi connectivity index (χ0) is 15.4. The van der Waals surface area contributed by atoms with Gasteiger partial charge in [0.1, 0.15) is 6.04 Å². The van der Waals surface area contributed by atoms with Crippen molar-refractivity contribution in [2.24, 2.45) is 0 Å². The lowest BCUT2D eigenvalue weighted by molar-refractivity contribution is -0.134. The molecule has 1 aromatic carbocycles. The van der Waals surface area contributed by atoms with E-state index in [1.54, 1.807) is 12.3 Å². The van der Waals surface area contributed by atoms with Gasteiger partial charge in [0.05, 0.1) is 16.8 Å². The predicted octanol–water partition coefficient (Wildman–Crippen LogP) is 1.31. The van der Waals surface area contributed by atoms with Crippen LogP contribution >= 0.6 is 0 Å². The van der Waals surface area contributed by atoms with Crippen molar-refractivity contribution >= 4 is 34.3 Å². The smallest absolute Gasteiger partial charge is 0.259 e. The summed E-state index contributed by atoms with van der Waals surface area (Å²) in [5.74, 6) is -0.914. The number of imide groups is 1. The second kappa shape index (κ2) is 4.37. The Balaban J connectivity index is 1.89. The number of benzene rings is 1. The summed E-state index contributed by atoms with van der Waals surface area (Å²) in [5.41, 5.74) is 3.02. The van der Waals surface area contributed by atoms with Crippen molar-refractivity contribution in [1.82, 2.24) is 10.3 Å². The fourth-order valence-corrected chi connectivity index (χ4v) is 3.24. The molecule has 1 unspecified atom stereocenters. The van der Waals surface area contributed by atoms with Crippen LogP contribution in [0.25, 0.3) is 10.9 Å². The number of aromatic nitrogens is 1. The summed E-state index contributed by atoms with van der Waals surface area (Å²) in [6.07, 6.45) is 2.19. The molecular formula is C16H13N3O3. The van der Waals surface area contributed by atoms with Gasteiger partial charge in [0.2, 0.25) is 11.8 Å². The largest absolute Gasteiger partial charge is 0.295 e. The Morgan fingerprint density at radius 2 is 2.05 bits per heavy atom. The first kappa shape index (κ1) is 12.9. The average Bonchev–Trinajstić information content (AvgIpc) is 2.78. The van der Waals surface area contributed by atoms with E-state index in [0.717, 1.165) is 16.5 Å². The molecule has 0 radical (unpaired) electrons. The normalized spacial score (nSPS) is 20.7. The number of aryl methyl sites for hydroxylation is 1. The second-order valence-electron chi connectivity index (χ2n) is 5.63. The minimum absolute atomic E-state index is 0.206. The van der Waals surface area contributed by atoms with Crippen LogP contribution in [-0.2, 0) is 9.59 Å². The molecule has 6 heteroatoms. The van der Waals surface area contributed by atoms with Crippen LogP contribution in [-0.4, -0.2) is 28.7 Å². The highest BCUT2D eigenvalue weighted by atomic mass is 16.2. The Kier molecular flexibility index (Phi) is 2.57. The van der Waals surface area contributed by atoms with E-state index in [0.29, 0.717) is 17.7 Å². The number of amides is 3. The molecule has 1 aromatic heterocycles. The molecule has 1 saturated heterocycles. The van der Waals surface area contributed by atoms with Crippen LogP contribution in [0.2, 0.25) is 0 Å². The van der Waals surface area contributed by atoms with Gasteiger partial charge < -0.3 is 0 Å². The second-order valence-corrected chi connectivity index (χ2v) is 5.63. The molecule has 1 atom stereocenters. The number of nitrogens with one attached hydrogen (secondary N) is 1. The number of piperidine rings is 1. The molecule has 6 nitrogen and oxygen atoms in total. The Bertz CT molecular complexity index is 859. The van der Waals surface area contributed by atoms with Gasteiger partial charge in [-0.1, -0.05) is 6.07 Å². The van der Waals surface area contributed by atoms with E-state index in [1.165, 1.54) is 4.90 Å². The molecule has 3 heterocycles. The van der Waals surface area contributed by atoms with E-state index in [-0.39, 0.29) is 18.2 Å². The standard InChI is InChI=1S/C16H13N3O3/c1-8-2-3-10-13-9(6-7-17-14(8)13)16(22)19(10)11-4-5-12(20)18-15(11)21/h2-3,6-7,11H,4-5H2,1H3,(H,18,20,21). The van der Waals surface area contributed by atoms with Crippen LogP contribution in [0.1, 0.15) is 28.8 Å². The monoisotopic (exact) mass is 295 g/mol. The van der Waals surface area contributed by atoms with Gasteiger partial charge in [0.25, 0.3) is 5.91 Å². The number of nitrogens with zero attached hydrogens (tertiary/aromatic N) is 2. The van der Waals surface area contributed by atoms with E-state index in [2.05, 4.69) is 10.3 Å². The lowest BCUT2D eigenvalue weighted by atomic mass is 10.0. The zero-order valence-corrected chi connectivity index (χ0v) is 11.9. The molecule has 4 rings (SSSR count). The molecule has 110 valence electrons. The summed E-state index contributed by atoms with van der Waals surface area (Å²) < 4.78 is 0. The lowest BCUT2D eigenvalue weighted by Gasteiger charge is -2.30. The van der Waals surface area contributed by atoms with Gasteiger partial charge in [-0.25, -0.2) is 0 Å². The topological polar surface area (TPSA) is 79.4 Å². The Morgan fingerprint density at radius 1 is 1.23 bits per heavy atom. The van der Waals surface area contributed by atoms with Gasteiger partial charge in [0.15, 0.2) is 0 Å². The number of anilines is 1. The Morgan fingerprint density at radius 3 is 2.82 bits per heavy atom. The fraction of sp³-hybridized carbons (Fsp3) is 0.250. The van der Waals surface area contributed by atoms with Crippen LogP contribution in [0.3, 0.4) is 0 Å². The molecule has 2 aliphatic rings. The third-order valence-corrected chi connectivity index (χ3v) is 4.30. The summed E-state index contributed by atoms with van der Waals surface area (Å²) in [7, 11) is 0. The van der Waals surface area contributed by atoms with E-state index < -0.39 is 11.9 Å². The van der Waals surface area contributed by atoms with Crippen molar-refractivity contribution in [3.63, 3.8) is 0 Å².